The first-order valence-corrected chi connectivity index (χ1v) is 11.5. The number of amidine groups is 2. The summed E-state index contributed by atoms with van der Waals surface area (Å²) in [5, 5.41) is 11.9. The van der Waals surface area contributed by atoms with Crippen LogP contribution in [0.5, 0.6) is 11.5 Å². The maximum absolute atomic E-state index is 13.1. The third kappa shape index (κ3) is 4.47. The molecule has 8 nitrogen and oxygen atoms in total. The molecule has 0 saturated carbocycles. The number of aromatic nitrogens is 1. The maximum atomic E-state index is 13.1. The number of fused-ring (bicyclic) bond motifs is 2. The Hall–Kier alpha value is -4.06. The Kier molecular flexibility index (Phi) is 6.04. The van der Waals surface area contributed by atoms with Crippen LogP contribution in [0.15, 0.2) is 70.4 Å². The number of nitrogens with one attached hydrogen (secondary N) is 1. The Morgan fingerprint density at radius 1 is 1.11 bits per heavy atom. The number of hydrogen-bond donors (Lipinski definition) is 1. The van der Waals surface area contributed by atoms with Gasteiger partial charge in [-0.2, -0.15) is 28.3 Å². The first-order chi connectivity index (χ1) is 17.2. The zero-order chi connectivity index (χ0) is 25.4. The molecule has 0 spiro atoms. The van der Waals surface area contributed by atoms with E-state index in [0.29, 0.717) is 24.5 Å². The summed E-state index contributed by atoms with van der Waals surface area (Å²) in [6, 6.07) is 14.7. The van der Waals surface area contributed by atoms with Crippen molar-refractivity contribution in [2.24, 2.45) is 10.1 Å². The fraction of sp³-hybridized carbons (Fsp3) is 0.167. The second kappa shape index (κ2) is 9.19. The topological polar surface area (TPSA) is 92.3 Å². The smallest absolute Gasteiger partial charge is 0.441 e. The van der Waals surface area contributed by atoms with Gasteiger partial charge < -0.3 is 14.0 Å². The summed E-state index contributed by atoms with van der Waals surface area (Å²) in [6.07, 6.45) is -1.43. The van der Waals surface area contributed by atoms with Crippen molar-refractivity contribution in [3.05, 3.63) is 65.9 Å². The summed E-state index contributed by atoms with van der Waals surface area (Å²) >= 11 is 0.220. The van der Waals surface area contributed by atoms with Gasteiger partial charge in [-0.1, -0.05) is 18.2 Å². The number of carbonyl (C=O) groups is 1. The van der Waals surface area contributed by atoms with E-state index >= 15 is 0 Å². The van der Waals surface area contributed by atoms with Gasteiger partial charge in [-0.15, -0.1) is 0 Å². The average Bonchev–Trinajstić information content (AvgIpc) is 3.44. The van der Waals surface area contributed by atoms with Gasteiger partial charge in [0.1, 0.15) is 18.1 Å². The van der Waals surface area contributed by atoms with Gasteiger partial charge in [-0.25, -0.2) is 0 Å². The highest BCUT2D eigenvalue weighted by Crippen LogP contribution is 2.35. The fourth-order valence-electron chi connectivity index (χ4n) is 3.77. The number of ether oxygens (including phenoxy) is 2. The van der Waals surface area contributed by atoms with Gasteiger partial charge >= 0.3 is 6.18 Å². The molecule has 12 heteroatoms. The summed E-state index contributed by atoms with van der Waals surface area (Å²) in [6.45, 7) is 0.856. The number of halogens is 3. The lowest BCUT2D eigenvalue weighted by Crippen LogP contribution is -2.35. The van der Waals surface area contributed by atoms with Crippen LogP contribution in [0.25, 0.3) is 17.0 Å². The van der Waals surface area contributed by atoms with E-state index in [2.05, 4.69) is 10.1 Å². The van der Waals surface area contributed by atoms with E-state index in [9.17, 15) is 18.0 Å². The maximum Gasteiger partial charge on any atom is 0.441 e. The number of para-hydroxylation sites is 1. The molecule has 2 aliphatic rings. The predicted octanol–water partition coefficient (Wildman–Crippen LogP) is 4.91. The van der Waals surface area contributed by atoms with Crippen LogP contribution < -0.4 is 9.47 Å². The zero-order valence-electron chi connectivity index (χ0n) is 18.7. The number of nitrogens with zero attached hydrogens (tertiary/aromatic N) is 4. The summed E-state index contributed by atoms with van der Waals surface area (Å²) < 4.78 is 52.1. The van der Waals surface area contributed by atoms with Crippen LogP contribution in [-0.4, -0.2) is 51.4 Å². The molecule has 0 radical (unpaired) electrons. The summed E-state index contributed by atoms with van der Waals surface area (Å²) in [5.74, 6) is 0.156. The highest BCUT2D eigenvalue weighted by molar-refractivity contribution is 8.27. The first-order valence-electron chi connectivity index (χ1n) is 10.7. The second-order valence-corrected chi connectivity index (χ2v) is 8.70. The second-order valence-electron chi connectivity index (χ2n) is 7.74. The molecule has 3 heterocycles. The van der Waals surface area contributed by atoms with Crippen LogP contribution in [0, 0.1) is 5.41 Å². The average molecular weight is 514 g/mol. The van der Waals surface area contributed by atoms with Crippen LogP contribution in [0.4, 0.5) is 13.2 Å². The molecule has 0 atom stereocenters. The van der Waals surface area contributed by atoms with Crippen molar-refractivity contribution in [2.45, 2.75) is 12.7 Å². The monoisotopic (exact) mass is 513 g/mol. The SMILES string of the molecule is COc1ccc(OCCn2cc(C=C3C(=N)N4N=C(C(F)(F)F)SC4=NC3=O)c3ccccc32)cc1. The Morgan fingerprint density at radius 2 is 1.83 bits per heavy atom. The van der Waals surface area contributed by atoms with Crippen molar-refractivity contribution in [2.75, 3.05) is 13.7 Å². The van der Waals surface area contributed by atoms with Gasteiger partial charge in [0.05, 0.1) is 19.2 Å². The number of thioether (sulfide) groups is 1. The molecule has 184 valence electrons. The molecule has 1 amide bonds. The molecule has 0 saturated heterocycles. The van der Waals surface area contributed by atoms with Gasteiger partial charge in [0.2, 0.25) is 10.2 Å². The fourth-order valence-corrected chi connectivity index (χ4v) is 4.53. The van der Waals surface area contributed by atoms with E-state index in [-0.39, 0.29) is 22.5 Å². The molecule has 0 aliphatic carbocycles. The molecule has 2 aromatic carbocycles. The lowest BCUT2D eigenvalue weighted by atomic mass is 10.1. The number of methoxy groups -OCH3 is 1. The Balaban J connectivity index is 1.40. The van der Waals surface area contributed by atoms with E-state index < -0.39 is 23.0 Å². The molecule has 0 bridgehead atoms. The Bertz CT molecular complexity index is 1460. The minimum Gasteiger partial charge on any atom is -0.497 e. The number of alkyl halides is 3. The van der Waals surface area contributed by atoms with E-state index in [4.69, 9.17) is 14.9 Å². The summed E-state index contributed by atoms with van der Waals surface area (Å²) in [5.41, 5.74) is 1.34. The van der Waals surface area contributed by atoms with Gasteiger partial charge in [0.25, 0.3) is 5.91 Å². The molecule has 0 fully saturated rings. The normalized spacial score (nSPS) is 16.9. The molecule has 2 aliphatic heterocycles. The quantitative estimate of drug-likeness (QED) is 0.473. The van der Waals surface area contributed by atoms with E-state index in [1.165, 1.54) is 6.08 Å². The number of amides is 1. The van der Waals surface area contributed by atoms with Gasteiger partial charge in [0.15, 0.2) is 5.84 Å². The predicted molar refractivity (Wildman–Crippen MR) is 131 cm³/mol. The molecule has 1 aromatic heterocycles. The van der Waals surface area contributed by atoms with Crippen LogP contribution in [0.3, 0.4) is 0 Å². The first kappa shape index (κ1) is 23.7. The Labute approximate surface area is 207 Å². The van der Waals surface area contributed by atoms with Crippen molar-refractivity contribution < 1.29 is 27.4 Å². The number of benzene rings is 2. The number of rotatable bonds is 6. The molecule has 1 N–H and O–H groups in total. The number of aliphatic imine (C=N–C) groups is 1. The third-order valence-electron chi connectivity index (χ3n) is 5.48. The minimum atomic E-state index is -4.70. The highest BCUT2D eigenvalue weighted by atomic mass is 32.2. The van der Waals surface area contributed by atoms with Crippen molar-refractivity contribution in [1.82, 2.24) is 9.58 Å². The van der Waals surface area contributed by atoms with Gasteiger partial charge in [-0.05, 0) is 48.2 Å². The van der Waals surface area contributed by atoms with Crippen LogP contribution in [0.2, 0.25) is 0 Å². The molecule has 0 unspecified atom stereocenters. The van der Waals surface area contributed by atoms with E-state index in [0.717, 1.165) is 21.7 Å². The minimum absolute atomic E-state index is 0.149. The lowest BCUT2D eigenvalue weighted by molar-refractivity contribution is -0.114. The summed E-state index contributed by atoms with van der Waals surface area (Å²) in [4.78, 5) is 16.3. The lowest BCUT2D eigenvalue weighted by Gasteiger charge is -2.20. The van der Waals surface area contributed by atoms with Gasteiger partial charge in [0, 0.05) is 22.7 Å². The number of carbonyl (C=O) groups excluding carboxylic acids is 1. The Morgan fingerprint density at radius 3 is 2.56 bits per heavy atom. The van der Waals surface area contributed by atoms with Crippen LogP contribution in [0.1, 0.15) is 5.56 Å². The largest absolute Gasteiger partial charge is 0.497 e. The molecule has 36 heavy (non-hydrogen) atoms. The van der Waals surface area contributed by atoms with E-state index in [1.807, 2.05) is 28.8 Å². The van der Waals surface area contributed by atoms with Crippen molar-refractivity contribution in [1.29, 1.82) is 5.41 Å². The van der Waals surface area contributed by atoms with Crippen LogP contribution in [-0.2, 0) is 11.3 Å². The molecular weight excluding hydrogens is 495 g/mol. The standard InChI is InChI=1S/C24H18F3N5O3S/c1-34-15-6-8-16(9-7-15)35-11-10-31-13-14(17-4-2-3-5-19(17)31)12-18-20(28)32-23(29-21(18)33)36-22(30-32)24(25,26)27/h2-9,12-13,28H,10-11H2,1H3. The van der Waals surface area contributed by atoms with Crippen molar-refractivity contribution in [3.63, 3.8) is 0 Å². The zero-order valence-corrected chi connectivity index (χ0v) is 19.6. The molecular formula is C24H18F3N5O3S. The van der Waals surface area contributed by atoms with Gasteiger partial charge in [-0.3, -0.25) is 10.2 Å². The van der Waals surface area contributed by atoms with Crippen LogP contribution >= 0.6 is 11.8 Å². The molecule has 5 rings (SSSR count). The molecule has 3 aromatic rings. The van der Waals surface area contributed by atoms with Crippen molar-refractivity contribution in [3.8, 4) is 11.5 Å². The van der Waals surface area contributed by atoms with Crippen molar-refractivity contribution >= 4 is 50.7 Å². The highest BCUT2D eigenvalue weighted by Gasteiger charge is 2.46. The number of hydrazone groups is 1. The number of hydrogen-bond acceptors (Lipinski definition) is 6. The summed E-state index contributed by atoms with van der Waals surface area (Å²) in [7, 11) is 1.59. The third-order valence-corrected chi connectivity index (χ3v) is 6.43. The van der Waals surface area contributed by atoms with E-state index in [1.54, 1.807) is 37.6 Å².